The fourth-order valence-corrected chi connectivity index (χ4v) is 3.56. The van der Waals surface area contributed by atoms with Crippen molar-refractivity contribution in [1.82, 2.24) is 9.88 Å². The van der Waals surface area contributed by atoms with Crippen LogP contribution in [0.3, 0.4) is 0 Å². The Balaban J connectivity index is 1.90. The molecular weight excluding hydrogens is 378 g/mol. The van der Waals surface area contributed by atoms with Gasteiger partial charge in [-0.15, -0.1) is 0 Å². The van der Waals surface area contributed by atoms with Crippen LogP contribution in [-0.2, 0) is 9.53 Å². The van der Waals surface area contributed by atoms with Gasteiger partial charge in [-0.05, 0) is 36.6 Å². The Bertz CT molecular complexity index is 769. The molecule has 0 saturated carbocycles. The lowest BCUT2D eigenvalue weighted by Gasteiger charge is -2.33. The zero-order chi connectivity index (χ0) is 18.9. The molecule has 3 rings (SSSR count). The Morgan fingerprint density at radius 2 is 1.96 bits per heavy atom. The van der Waals surface area contributed by atoms with Crippen molar-refractivity contribution in [2.24, 2.45) is 0 Å². The molecule has 26 heavy (non-hydrogen) atoms. The molecule has 2 heterocycles. The average Bonchev–Trinajstić information content (AvgIpc) is 2.92. The van der Waals surface area contributed by atoms with Gasteiger partial charge >= 0.3 is 0 Å². The summed E-state index contributed by atoms with van der Waals surface area (Å²) in [7, 11) is 0. The summed E-state index contributed by atoms with van der Waals surface area (Å²) in [6.07, 6.45) is 2.88. The van der Waals surface area contributed by atoms with Crippen molar-refractivity contribution in [3.8, 4) is 11.1 Å². The van der Waals surface area contributed by atoms with E-state index in [2.05, 4.69) is 4.98 Å². The lowest BCUT2D eigenvalue weighted by atomic mass is 9.99. The standard InChI is InChI=1S/C19H19Cl2FN2O2/c1-19(2)24(18(25)17(20)21)15(10-22)16(26-19)13-7-5-12(6-8-13)14-4-3-9-23-11-14/h3-9,11,15-17H,10H2,1-2H3/t15-,16-/m1/s1. The maximum Gasteiger partial charge on any atom is 0.258 e. The van der Waals surface area contributed by atoms with E-state index >= 15 is 0 Å². The van der Waals surface area contributed by atoms with Crippen molar-refractivity contribution >= 4 is 29.1 Å². The molecule has 1 fully saturated rings. The summed E-state index contributed by atoms with van der Waals surface area (Å²) in [6.45, 7) is 2.64. The number of hydrogen-bond donors (Lipinski definition) is 0. The Kier molecular flexibility index (Phi) is 5.51. The lowest BCUT2D eigenvalue weighted by molar-refractivity contribution is -0.145. The summed E-state index contributed by atoms with van der Waals surface area (Å²) in [5.74, 6) is -0.560. The Labute approximate surface area is 161 Å². The number of pyridine rings is 1. The number of carbonyl (C=O) groups is 1. The van der Waals surface area contributed by atoms with E-state index in [0.29, 0.717) is 0 Å². The third-order valence-corrected chi connectivity index (χ3v) is 4.87. The van der Waals surface area contributed by atoms with E-state index in [-0.39, 0.29) is 0 Å². The first-order valence-corrected chi connectivity index (χ1v) is 9.08. The van der Waals surface area contributed by atoms with E-state index in [1.165, 1.54) is 4.90 Å². The quantitative estimate of drug-likeness (QED) is 0.713. The highest BCUT2D eigenvalue weighted by atomic mass is 35.5. The van der Waals surface area contributed by atoms with Gasteiger partial charge < -0.3 is 9.64 Å². The average molecular weight is 397 g/mol. The Hall–Kier alpha value is -1.69. The van der Waals surface area contributed by atoms with Crippen LogP contribution in [-0.4, -0.2) is 39.1 Å². The number of carbonyl (C=O) groups excluding carboxylic acids is 1. The van der Waals surface area contributed by atoms with E-state index < -0.39 is 35.3 Å². The first-order valence-electron chi connectivity index (χ1n) is 8.20. The molecule has 0 N–H and O–H groups in total. The van der Waals surface area contributed by atoms with E-state index in [1.807, 2.05) is 36.4 Å². The second-order valence-electron chi connectivity index (χ2n) is 6.58. The highest BCUT2D eigenvalue weighted by molar-refractivity contribution is 6.53. The van der Waals surface area contributed by atoms with Gasteiger partial charge in [0.1, 0.15) is 18.5 Å². The van der Waals surface area contributed by atoms with Crippen molar-refractivity contribution < 1.29 is 13.9 Å². The summed E-state index contributed by atoms with van der Waals surface area (Å²) >= 11 is 11.5. The van der Waals surface area contributed by atoms with Gasteiger partial charge in [0.05, 0.1) is 6.04 Å². The summed E-state index contributed by atoms with van der Waals surface area (Å²) in [5.41, 5.74) is 1.75. The molecular formula is C19H19Cl2FN2O2. The minimum absolute atomic E-state index is 0.560. The van der Waals surface area contributed by atoms with Gasteiger partial charge in [-0.1, -0.05) is 53.5 Å². The fraction of sp³-hybridized carbons (Fsp3) is 0.368. The number of rotatable bonds is 4. The zero-order valence-corrected chi connectivity index (χ0v) is 15.9. The normalized spacial score (nSPS) is 22.0. The smallest absolute Gasteiger partial charge is 0.258 e. The Morgan fingerprint density at radius 3 is 2.50 bits per heavy atom. The van der Waals surface area contributed by atoms with Crippen LogP contribution in [0.5, 0.6) is 0 Å². The molecule has 2 atom stereocenters. The molecule has 0 aliphatic carbocycles. The molecule has 2 aromatic rings. The number of aromatic nitrogens is 1. The van der Waals surface area contributed by atoms with Gasteiger partial charge in [0, 0.05) is 12.4 Å². The third kappa shape index (κ3) is 3.56. The van der Waals surface area contributed by atoms with Crippen LogP contribution in [0.4, 0.5) is 4.39 Å². The number of ether oxygens (including phenoxy) is 1. The predicted molar refractivity (Wildman–Crippen MR) is 99.7 cm³/mol. The fourth-order valence-electron chi connectivity index (χ4n) is 3.35. The molecule has 7 heteroatoms. The van der Waals surface area contributed by atoms with Crippen molar-refractivity contribution in [3.05, 3.63) is 54.4 Å². The van der Waals surface area contributed by atoms with Crippen molar-refractivity contribution in [3.63, 3.8) is 0 Å². The molecule has 0 spiro atoms. The molecule has 1 aliphatic heterocycles. The highest BCUT2D eigenvalue weighted by Gasteiger charge is 2.51. The maximum atomic E-state index is 13.8. The van der Waals surface area contributed by atoms with Gasteiger partial charge in [0.25, 0.3) is 5.91 Å². The van der Waals surface area contributed by atoms with Crippen LogP contribution in [0.2, 0.25) is 0 Å². The van der Waals surface area contributed by atoms with E-state index in [1.54, 1.807) is 26.2 Å². The van der Waals surface area contributed by atoms with E-state index in [9.17, 15) is 9.18 Å². The largest absolute Gasteiger partial charge is 0.346 e. The molecule has 0 bridgehead atoms. The first kappa shape index (κ1) is 19.1. The summed E-state index contributed by atoms with van der Waals surface area (Å²) in [4.78, 5) is 16.5. The lowest BCUT2D eigenvalue weighted by Crippen LogP contribution is -2.50. The monoisotopic (exact) mass is 396 g/mol. The molecule has 0 unspecified atom stereocenters. The van der Waals surface area contributed by atoms with Gasteiger partial charge in [-0.25, -0.2) is 4.39 Å². The summed E-state index contributed by atoms with van der Waals surface area (Å²) in [6, 6.07) is 10.6. The summed E-state index contributed by atoms with van der Waals surface area (Å²) in [5, 5.41) is 0. The van der Waals surface area contributed by atoms with Crippen LogP contribution in [0.1, 0.15) is 25.5 Å². The number of amides is 1. The van der Waals surface area contributed by atoms with Crippen LogP contribution in [0.25, 0.3) is 11.1 Å². The van der Waals surface area contributed by atoms with E-state index in [0.717, 1.165) is 16.7 Å². The molecule has 1 aromatic heterocycles. The topological polar surface area (TPSA) is 42.4 Å². The minimum atomic E-state index is -1.27. The second-order valence-corrected chi connectivity index (χ2v) is 7.68. The first-order chi connectivity index (χ1) is 12.3. The number of nitrogens with zero attached hydrogens (tertiary/aromatic N) is 2. The molecule has 138 valence electrons. The number of alkyl halides is 3. The zero-order valence-electron chi connectivity index (χ0n) is 14.4. The second kappa shape index (κ2) is 7.51. The van der Waals surface area contributed by atoms with Gasteiger partial charge in [0.15, 0.2) is 4.84 Å². The molecule has 1 saturated heterocycles. The van der Waals surface area contributed by atoms with Crippen LogP contribution in [0.15, 0.2) is 48.8 Å². The number of benzene rings is 1. The summed E-state index contributed by atoms with van der Waals surface area (Å²) < 4.78 is 19.8. The minimum Gasteiger partial charge on any atom is -0.346 e. The van der Waals surface area contributed by atoms with Crippen LogP contribution in [0, 0.1) is 0 Å². The van der Waals surface area contributed by atoms with Crippen molar-refractivity contribution in [1.29, 1.82) is 0 Å². The Morgan fingerprint density at radius 1 is 1.27 bits per heavy atom. The van der Waals surface area contributed by atoms with E-state index in [4.69, 9.17) is 27.9 Å². The number of halogens is 3. The third-order valence-electron chi connectivity index (χ3n) is 4.49. The predicted octanol–water partition coefficient (Wildman–Crippen LogP) is 4.53. The molecule has 1 aliphatic rings. The van der Waals surface area contributed by atoms with Gasteiger partial charge in [-0.3, -0.25) is 9.78 Å². The van der Waals surface area contributed by atoms with Crippen molar-refractivity contribution in [2.45, 2.75) is 36.6 Å². The molecule has 1 amide bonds. The van der Waals surface area contributed by atoms with Crippen LogP contribution < -0.4 is 0 Å². The number of hydrogen-bond acceptors (Lipinski definition) is 3. The van der Waals surface area contributed by atoms with Crippen LogP contribution >= 0.6 is 23.2 Å². The van der Waals surface area contributed by atoms with Gasteiger partial charge in [-0.2, -0.15) is 0 Å². The highest BCUT2D eigenvalue weighted by Crippen LogP contribution is 2.42. The molecule has 1 aromatic carbocycles. The van der Waals surface area contributed by atoms with Gasteiger partial charge in [0.2, 0.25) is 0 Å². The molecule has 4 nitrogen and oxygen atoms in total. The molecule has 0 radical (unpaired) electrons. The van der Waals surface area contributed by atoms with Crippen molar-refractivity contribution in [2.75, 3.05) is 6.67 Å². The SMILES string of the molecule is CC1(C)O[C@H](c2ccc(-c3cccnc3)cc2)[C@@H](CF)N1C(=O)C(Cl)Cl. The maximum absolute atomic E-state index is 13.8.